The number of halogens is 1. The first-order chi connectivity index (χ1) is 13.5. The SMILES string of the molecule is COc1ccc([C@H]2CC(=O)Nc3nc(N)sc32)cc1OCc1cccc(F)c1. The molecule has 1 aromatic heterocycles. The summed E-state index contributed by atoms with van der Waals surface area (Å²) in [5.41, 5.74) is 7.43. The van der Waals surface area contributed by atoms with Crippen LogP contribution in [0.4, 0.5) is 15.3 Å². The van der Waals surface area contributed by atoms with E-state index in [0.717, 1.165) is 10.4 Å². The molecule has 1 atom stereocenters. The molecule has 2 aromatic carbocycles. The van der Waals surface area contributed by atoms with Gasteiger partial charge in [-0.2, -0.15) is 0 Å². The molecule has 144 valence electrons. The van der Waals surface area contributed by atoms with Crippen molar-refractivity contribution in [3.05, 3.63) is 64.3 Å². The van der Waals surface area contributed by atoms with E-state index in [1.807, 2.05) is 12.1 Å². The number of methoxy groups -OCH3 is 1. The Morgan fingerprint density at radius 2 is 2.14 bits per heavy atom. The van der Waals surface area contributed by atoms with Gasteiger partial charge in [-0.25, -0.2) is 9.37 Å². The van der Waals surface area contributed by atoms with E-state index < -0.39 is 0 Å². The molecule has 0 bridgehead atoms. The summed E-state index contributed by atoms with van der Waals surface area (Å²) < 4.78 is 24.7. The van der Waals surface area contributed by atoms with Gasteiger partial charge in [0.1, 0.15) is 18.2 Å². The number of rotatable bonds is 5. The van der Waals surface area contributed by atoms with Crippen molar-refractivity contribution < 1.29 is 18.7 Å². The van der Waals surface area contributed by atoms with E-state index in [9.17, 15) is 9.18 Å². The predicted molar refractivity (Wildman–Crippen MR) is 105 cm³/mol. The molecule has 0 aliphatic carbocycles. The first-order valence-electron chi connectivity index (χ1n) is 8.64. The van der Waals surface area contributed by atoms with Crippen LogP contribution in [-0.4, -0.2) is 18.0 Å². The summed E-state index contributed by atoms with van der Waals surface area (Å²) in [5, 5.41) is 3.17. The molecule has 0 radical (unpaired) electrons. The topological polar surface area (TPSA) is 86.5 Å². The van der Waals surface area contributed by atoms with E-state index in [-0.39, 0.29) is 24.2 Å². The number of amides is 1. The zero-order chi connectivity index (χ0) is 19.7. The second-order valence-corrected chi connectivity index (χ2v) is 7.46. The number of hydrogen-bond donors (Lipinski definition) is 2. The Kier molecular flexibility index (Phi) is 4.87. The molecule has 28 heavy (non-hydrogen) atoms. The molecule has 2 heterocycles. The largest absolute Gasteiger partial charge is 0.493 e. The van der Waals surface area contributed by atoms with Gasteiger partial charge in [0.2, 0.25) is 5.91 Å². The van der Waals surface area contributed by atoms with Gasteiger partial charge in [0, 0.05) is 12.3 Å². The summed E-state index contributed by atoms with van der Waals surface area (Å²) in [7, 11) is 1.56. The number of ether oxygens (including phenoxy) is 2. The van der Waals surface area contributed by atoms with E-state index in [2.05, 4.69) is 10.3 Å². The molecule has 3 N–H and O–H groups in total. The lowest BCUT2D eigenvalue weighted by molar-refractivity contribution is -0.116. The number of fused-ring (bicyclic) bond motifs is 1. The molecule has 1 amide bonds. The summed E-state index contributed by atoms with van der Waals surface area (Å²) >= 11 is 1.36. The number of hydrogen-bond acceptors (Lipinski definition) is 6. The van der Waals surface area contributed by atoms with Crippen LogP contribution in [0.5, 0.6) is 11.5 Å². The van der Waals surface area contributed by atoms with Crippen LogP contribution in [0.2, 0.25) is 0 Å². The molecule has 1 aliphatic heterocycles. The number of thiazole rings is 1. The number of nitrogens with two attached hydrogens (primary N) is 1. The van der Waals surface area contributed by atoms with Crippen LogP contribution in [0.15, 0.2) is 42.5 Å². The number of carbonyl (C=O) groups excluding carboxylic acids is 1. The minimum absolute atomic E-state index is 0.110. The third-order valence-corrected chi connectivity index (χ3v) is 5.51. The highest BCUT2D eigenvalue weighted by Gasteiger charge is 2.30. The van der Waals surface area contributed by atoms with Gasteiger partial charge in [-0.05, 0) is 35.4 Å². The smallest absolute Gasteiger partial charge is 0.226 e. The molecule has 4 rings (SSSR count). The van der Waals surface area contributed by atoms with Crippen molar-refractivity contribution in [3.63, 3.8) is 0 Å². The Balaban J connectivity index is 1.64. The summed E-state index contributed by atoms with van der Waals surface area (Å²) in [6, 6.07) is 11.8. The molecule has 8 heteroatoms. The standard InChI is InChI=1S/C20H18FN3O3S/c1-26-15-6-5-12(8-16(15)27-10-11-3-2-4-13(21)7-11)14-9-17(25)23-19-18(14)28-20(22)24-19/h2-8,14H,9-10H2,1H3,(H2,22,24)(H,23,25)/t14-/m1/s1. The maximum atomic E-state index is 13.4. The van der Waals surface area contributed by atoms with Crippen molar-refractivity contribution in [2.45, 2.75) is 18.9 Å². The van der Waals surface area contributed by atoms with E-state index in [1.165, 1.54) is 23.5 Å². The fourth-order valence-electron chi connectivity index (χ4n) is 3.22. The van der Waals surface area contributed by atoms with Gasteiger partial charge in [0.15, 0.2) is 16.6 Å². The van der Waals surface area contributed by atoms with E-state index in [1.54, 1.807) is 25.3 Å². The maximum Gasteiger partial charge on any atom is 0.226 e. The summed E-state index contributed by atoms with van der Waals surface area (Å²) in [4.78, 5) is 17.2. The minimum Gasteiger partial charge on any atom is -0.493 e. The van der Waals surface area contributed by atoms with Gasteiger partial charge in [-0.3, -0.25) is 4.79 Å². The zero-order valence-electron chi connectivity index (χ0n) is 15.1. The van der Waals surface area contributed by atoms with Gasteiger partial charge < -0.3 is 20.5 Å². The monoisotopic (exact) mass is 399 g/mol. The second-order valence-electron chi connectivity index (χ2n) is 6.40. The average molecular weight is 399 g/mol. The summed E-state index contributed by atoms with van der Waals surface area (Å²) in [6.45, 7) is 0.196. The fraction of sp³-hybridized carbons (Fsp3) is 0.200. The highest BCUT2D eigenvalue weighted by atomic mass is 32.1. The van der Waals surface area contributed by atoms with Crippen LogP contribution in [0.1, 0.15) is 28.3 Å². The molecule has 1 aliphatic rings. The Morgan fingerprint density at radius 1 is 1.29 bits per heavy atom. The van der Waals surface area contributed by atoms with Gasteiger partial charge >= 0.3 is 0 Å². The number of nitrogen functional groups attached to an aromatic ring is 1. The van der Waals surface area contributed by atoms with Gasteiger partial charge in [0.25, 0.3) is 0 Å². The Labute approximate surface area is 165 Å². The number of carbonyl (C=O) groups is 1. The maximum absolute atomic E-state index is 13.4. The van der Waals surface area contributed by atoms with E-state index in [0.29, 0.717) is 34.4 Å². The third kappa shape index (κ3) is 3.63. The Bertz CT molecular complexity index is 1040. The quantitative estimate of drug-likeness (QED) is 0.679. The van der Waals surface area contributed by atoms with Crippen molar-refractivity contribution in [3.8, 4) is 11.5 Å². The molecule has 0 fully saturated rings. The highest BCUT2D eigenvalue weighted by molar-refractivity contribution is 7.16. The summed E-state index contributed by atoms with van der Waals surface area (Å²) in [6.07, 6.45) is 0.296. The van der Waals surface area contributed by atoms with Crippen LogP contribution in [0, 0.1) is 5.82 Å². The first-order valence-corrected chi connectivity index (χ1v) is 9.46. The zero-order valence-corrected chi connectivity index (χ0v) is 15.9. The third-order valence-electron chi connectivity index (χ3n) is 4.51. The minimum atomic E-state index is -0.314. The predicted octanol–water partition coefficient (Wildman–Crippen LogP) is 3.93. The van der Waals surface area contributed by atoms with Crippen LogP contribution in [-0.2, 0) is 11.4 Å². The normalized spacial score (nSPS) is 15.6. The van der Waals surface area contributed by atoms with Crippen molar-refractivity contribution >= 4 is 28.2 Å². The number of nitrogens with one attached hydrogen (secondary N) is 1. The molecule has 6 nitrogen and oxygen atoms in total. The average Bonchev–Trinajstić information content (AvgIpc) is 3.05. The van der Waals surface area contributed by atoms with Crippen LogP contribution in [0.25, 0.3) is 0 Å². The highest BCUT2D eigenvalue weighted by Crippen LogP contribution is 2.43. The van der Waals surface area contributed by atoms with Crippen molar-refractivity contribution in [2.24, 2.45) is 0 Å². The van der Waals surface area contributed by atoms with Crippen molar-refractivity contribution in [1.29, 1.82) is 0 Å². The van der Waals surface area contributed by atoms with Gasteiger partial charge in [-0.15, -0.1) is 0 Å². The van der Waals surface area contributed by atoms with E-state index in [4.69, 9.17) is 15.2 Å². The van der Waals surface area contributed by atoms with Crippen molar-refractivity contribution in [1.82, 2.24) is 4.98 Å². The molecular formula is C20H18FN3O3S. The molecule has 0 saturated carbocycles. The Hall–Kier alpha value is -3.13. The van der Waals surface area contributed by atoms with Gasteiger partial charge in [-0.1, -0.05) is 29.5 Å². The molecule has 3 aromatic rings. The molecule has 0 spiro atoms. The molecular weight excluding hydrogens is 381 g/mol. The summed E-state index contributed by atoms with van der Waals surface area (Å²) in [5.74, 6) is 1.01. The number of benzene rings is 2. The van der Waals surface area contributed by atoms with Crippen LogP contribution < -0.4 is 20.5 Å². The fourth-order valence-corrected chi connectivity index (χ4v) is 4.13. The molecule has 0 unspecified atom stereocenters. The van der Waals surface area contributed by atoms with Crippen LogP contribution >= 0.6 is 11.3 Å². The second kappa shape index (κ2) is 7.47. The van der Waals surface area contributed by atoms with E-state index >= 15 is 0 Å². The van der Waals surface area contributed by atoms with Crippen LogP contribution in [0.3, 0.4) is 0 Å². The number of anilines is 2. The lowest BCUT2D eigenvalue weighted by Gasteiger charge is -2.22. The van der Waals surface area contributed by atoms with Crippen molar-refractivity contribution in [2.75, 3.05) is 18.2 Å². The Morgan fingerprint density at radius 3 is 2.93 bits per heavy atom. The first kappa shape index (κ1) is 18.2. The number of aromatic nitrogens is 1. The van der Waals surface area contributed by atoms with Gasteiger partial charge in [0.05, 0.1) is 12.0 Å². The lowest BCUT2D eigenvalue weighted by Crippen LogP contribution is -2.22. The molecule has 0 saturated heterocycles. The number of nitrogens with zero attached hydrogens (tertiary/aromatic N) is 1. The lowest BCUT2D eigenvalue weighted by atomic mass is 9.91.